The van der Waals surface area contributed by atoms with Crippen LogP contribution in [-0.2, 0) is 7.05 Å². The second kappa shape index (κ2) is 7.62. The first-order valence-corrected chi connectivity index (χ1v) is 7.73. The number of carbonyl (C=O) groups is 1. The van der Waals surface area contributed by atoms with E-state index in [0.29, 0.717) is 30.8 Å². The van der Waals surface area contributed by atoms with Gasteiger partial charge < -0.3 is 14.8 Å². The lowest BCUT2D eigenvalue weighted by atomic mass is 10.1. The lowest BCUT2D eigenvalue weighted by Gasteiger charge is -2.35. The maximum Gasteiger partial charge on any atom is 0.273 e. The van der Waals surface area contributed by atoms with Crippen molar-refractivity contribution in [3.8, 4) is 0 Å². The van der Waals surface area contributed by atoms with E-state index < -0.39 is 4.92 Å². The van der Waals surface area contributed by atoms with E-state index in [0.717, 1.165) is 5.82 Å². The van der Waals surface area contributed by atoms with Crippen LogP contribution in [-0.4, -0.2) is 44.9 Å². The van der Waals surface area contributed by atoms with Crippen molar-refractivity contribution in [2.24, 2.45) is 7.05 Å². The monoisotopic (exact) mass is 365 g/mol. The van der Waals surface area contributed by atoms with Crippen molar-refractivity contribution in [2.75, 3.05) is 19.6 Å². The van der Waals surface area contributed by atoms with Crippen molar-refractivity contribution in [3.63, 3.8) is 0 Å². The van der Waals surface area contributed by atoms with E-state index in [1.165, 1.54) is 6.07 Å². The molecule has 1 N–H and O–H groups in total. The summed E-state index contributed by atoms with van der Waals surface area (Å²) in [6, 6.07) is 4.41. The van der Waals surface area contributed by atoms with E-state index in [1.54, 1.807) is 30.2 Å². The molecule has 1 aromatic carbocycles. The van der Waals surface area contributed by atoms with Crippen LogP contribution in [0.15, 0.2) is 30.6 Å². The molecule has 2 heterocycles. The number of halogens is 1. The average molecular weight is 366 g/mol. The van der Waals surface area contributed by atoms with Crippen LogP contribution in [0.3, 0.4) is 0 Å². The molecule has 1 aromatic heterocycles. The highest BCUT2D eigenvalue weighted by atomic mass is 35.5. The number of nitrogens with one attached hydrogen (secondary N) is 1. The SMILES string of the molecule is Cc1ccc(C(=O)N2CCNCC2c2nccn2C)cc1[N+](=O)[O-].Cl. The number of rotatable bonds is 3. The number of carbonyl (C=O) groups excluding carboxylic acids is 1. The van der Waals surface area contributed by atoms with E-state index in [-0.39, 0.29) is 30.0 Å². The van der Waals surface area contributed by atoms with Gasteiger partial charge in [0.15, 0.2) is 0 Å². The van der Waals surface area contributed by atoms with Gasteiger partial charge in [0.05, 0.1) is 4.92 Å². The van der Waals surface area contributed by atoms with Crippen molar-refractivity contribution < 1.29 is 9.72 Å². The van der Waals surface area contributed by atoms with Crippen LogP contribution in [0.2, 0.25) is 0 Å². The minimum absolute atomic E-state index is 0. The lowest BCUT2D eigenvalue weighted by Crippen LogP contribution is -2.49. The van der Waals surface area contributed by atoms with E-state index in [9.17, 15) is 14.9 Å². The summed E-state index contributed by atoms with van der Waals surface area (Å²) in [6.07, 6.45) is 3.53. The molecule has 134 valence electrons. The highest BCUT2D eigenvalue weighted by Gasteiger charge is 2.31. The van der Waals surface area contributed by atoms with Gasteiger partial charge in [0.1, 0.15) is 11.9 Å². The van der Waals surface area contributed by atoms with Gasteiger partial charge in [-0.05, 0) is 13.0 Å². The van der Waals surface area contributed by atoms with Crippen molar-refractivity contribution in [1.29, 1.82) is 0 Å². The molecule has 0 aliphatic carbocycles. The predicted molar refractivity (Wildman–Crippen MR) is 94.9 cm³/mol. The maximum absolute atomic E-state index is 12.9. The first-order valence-electron chi connectivity index (χ1n) is 7.73. The van der Waals surface area contributed by atoms with Gasteiger partial charge in [-0.1, -0.05) is 6.07 Å². The standard InChI is InChI=1S/C16H19N5O3.ClH/c1-11-3-4-12(9-13(11)21(23)24)16(22)20-8-5-17-10-14(20)15-18-6-7-19(15)2;/h3-4,6-7,9,14,17H,5,8,10H2,1-2H3;1H. The highest BCUT2D eigenvalue weighted by Crippen LogP contribution is 2.25. The quantitative estimate of drug-likeness (QED) is 0.661. The number of nitro groups is 1. The number of amides is 1. The molecular formula is C16H20ClN5O3. The Bertz CT molecular complexity index is 792. The predicted octanol–water partition coefficient (Wildman–Crippen LogP) is 1.85. The number of hydrogen-bond acceptors (Lipinski definition) is 5. The topological polar surface area (TPSA) is 93.3 Å². The Kier molecular flexibility index (Phi) is 5.76. The smallest absolute Gasteiger partial charge is 0.273 e. The zero-order chi connectivity index (χ0) is 17.3. The lowest BCUT2D eigenvalue weighted by molar-refractivity contribution is -0.385. The van der Waals surface area contributed by atoms with Gasteiger partial charge in [0, 0.05) is 56.3 Å². The number of nitro benzene ring substituents is 1. The number of piperazine rings is 1. The van der Waals surface area contributed by atoms with E-state index in [1.807, 2.05) is 17.8 Å². The fraction of sp³-hybridized carbons (Fsp3) is 0.375. The third-order valence-corrected chi connectivity index (χ3v) is 4.31. The molecule has 1 saturated heterocycles. The summed E-state index contributed by atoms with van der Waals surface area (Å²) in [6.45, 7) is 3.47. The Hall–Kier alpha value is -2.45. The minimum Gasteiger partial charge on any atom is -0.336 e. The normalized spacial score (nSPS) is 17.0. The van der Waals surface area contributed by atoms with Gasteiger partial charge in [0.2, 0.25) is 0 Å². The average Bonchev–Trinajstić information content (AvgIpc) is 3.00. The van der Waals surface area contributed by atoms with Crippen molar-refractivity contribution >= 4 is 24.0 Å². The first kappa shape index (κ1) is 18.9. The van der Waals surface area contributed by atoms with Gasteiger partial charge in [-0.15, -0.1) is 12.4 Å². The summed E-state index contributed by atoms with van der Waals surface area (Å²) in [5, 5.41) is 14.4. The molecule has 0 saturated carbocycles. The number of nitrogens with zero attached hydrogens (tertiary/aromatic N) is 4. The van der Waals surface area contributed by atoms with Gasteiger partial charge in [-0.3, -0.25) is 14.9 Å². The van der Waals surface area contributed by atoms with E-state index in [4.69, 9.17) is 0 Å². The fourth-order valence-electron chi connectivity index (χ4n) is 2.98. The molecule has 1 aliphatic rings. The fourth-order valence-corrected chi connectivity index (χ4v) is 2.98. The Morgan fingerprint density at radius 1 is 1.44 bits per heavy atom. The number of aromatic nitrogens is 2. The van der Waals surface area contributed by atoms with Crippen molar-refractivity contribution in [3.05, 3.63) is 57.7 Å². The number of aryl methyl sites for hydroxylation is 2. The van der Waals surface area contributed by atoms with Gasteiger partial charge in [-0.2, -0.15) is 0 Å². The molecule has 1 atom stereocenters. The van der Waals surface area contributed by atoms with Crippen LogP contribution in [0.25, 0.3) is 0 Å². The van der Waals surface area contributed by atoms with Crippen LogP contribution in [0.1, 0.15) is 27.8 Å². The Balaban J connectivity index is 0.00000225. The first-order chi connectivity index (χ1) is 11.5. The molecule has 1 amide bonds. The van der Waals surface area contributed by atoms with Crippen LogP contribution in [0, 0.1) is 17.0 Å². The summed E-state index contributed by atoms with van der Waals surface area (Å²) in [5.41, 5.74) is 0.829. The summed E-state index contributed by atoms with van der Waals surface area (Å²) in [7, 11) is 1.89. The molecule has 0 bridgehead atoms. The summed E-state index contributed by atoms with van der Waals surface area (Å²) < 4.78 is 1.88. The maximum atomic E-state index is 12.9. The molecule has 2 aromatic rings. The zero-order valence-corrected chi connectivity index (χ0v) is 14.8. The zero-order valence-electron chi connectivity index (χ0n) is 14.0. The van der Waals surface area contributed by atoms with Crippen LogP contribution in [0.5, 0.6) is 0 Å². The van der Waals surface area contributed by atoms with E-state index in [2.05, 4.69) is 10.3 Å². The Morgan fingerprint density at radius 3 is 2.84 bits per heavy atom. The third kappa shape index (κ3) is 3.64. The number of benzene rings is 1. The highest BCUT2D eigenvalue weighted by molar-refractivity contribution is 5.95. The molecule has 9 heteroatoms. The van der Waals surface area contributed by atoms with Gasteiger partial charge >= 0.3 is 0 Å². The summed E-state index contributed by atoms with van der Waals surface area (Å²) in [4.78, 5) is 29.7. The third-order valence-electron chi connectivity index (χ3n) is 4.31. The summed E-state index contributed by atoms with van der Waals surface area (Å²) in [5.74, 6) is 0.574. The van der Waals surface area contributed by atoms with Crippen molar-refractivity contribution in [1.82, 2.24) is 19.8 Å². The van der Waals surface area contributed by atoms with Crippen LogP contribution in [0.4, 0.5) is 5.69 Å². The van der Waals surface area contributed by atoms with Crippen LogP contribution < -0.4 is 5.32 Å². The van der Waals surface area contributed by atoms with E-state index >= 15 is 0 Å². The van der Waals surface area contributed by atoms with Crippen LogP contribution >= 0.6 is 12.4 Å². The van der Waals surface area contributed by atoms with Gasteiger partial charge in [0.25, 0.3) is 11.6 Å². The number of imidazole rings is 1. The van der Waals surface area contributed by atoms with Gasteiger partial charge in [-0.25, -0.2) is 4.98 Å². The molecule has 1 aliphatic heterocycles. The molecule has 8 nitrogen and oxygen atoms in total. The second-order valence-electron chi connectivity index (χ2n) is 5.87. The molecule has 3 rings (SSSR count). The molecular weight excluding hydrogens is 346 g/mol. The molecule has 1 unspecified atom stereocenters. The number of hydrogen-bond donors (Lipinski definition) is 1. The molecule has 25 heavy (non-hydrogen) atoms. The van der Waals surface area contributed by atoms with Crippen molar-refractivity contribution in [2.45, 2.75) is 13.0 Å². The Labute approximate surface area is 151 Å². The molecule has 0 spiro atoms. The molecule has 1 fully saturated rings. The Morgan fingerprint density at radius 2 is 2.20 bits per heavy atom. The molecule has 0 radical (unpaired) electrons. The summed E-state index contributed by atoms with van der Waals surface area (Å²) >= 11 is 0. The minimum atomic E-state index is -0.458. The largest absolute Gasteiger partial charge is 0.336 e. The second-order valence-corrected chi connectivity index (χ2v) is 5.87.